The molecule has 16 nitrogen and oxygen atoms in total. The number of carbonyl (C=O) groups excluding carboxylic acids is 3. The third-order valence-corrected chi connectivity index (χ3v) is 18.7. The Balaban J connectivity index is 0.000000173. The molecule has 4 N–H and O–H groups in total. The van der Waals surface area contributed by atoms with Crippen molar-refractivity contribution in [3.05, 3.63) is 221 Å². The number of hydrogen-bond acceptors (Lipinski definition) is 10. The van der Waals surface area contributed by atoms with Crippen molar-refractivity contribution in [2.24, 2.45) is 0 Å². The Morgan fingerprint density at radius 3 is 1.67 bits per heavy atom. The number of pyridine rings is 2. The first-order valence-corrected chi connectivity index (χ1v) is 32.5. The van der Waals surface area contributed by atoms with Crippen LogP contribution in [0.4, 0.5) is 16.2 Å². The van der Waals surface area contributed by atoms with Gasteiger partial charge in [-0.05, 0) is 189 Å². The van der Waals surface area contributed by atoms with Crippen LogP contribution >= 0.6 is 55.1 Å². The van der Waals surface area contributed by atoms with Crippen LogP contribution in [0, 0.1) is 13.8 Å². The molecule has 1 saturated carbocycles. The van der Waals surface area contributed by atoms with Gasteiger partial charge in [-0.2, -0.15) is 0 Å². The molecular formula is C67H71Br2Cl2N13O3. The summed E-state index contributed by atoms with van der Waals surface area (Å²) in [6.45, 7) is 8.77. The molecule has 5 aliphatic rings. The second-order valence-electron chi connectivity index (χ2n) is 23.6. The smallest absolute Gasteiger partial charge is 0.318 e. The lowest BCUT2D eigenvalue weighted by Crippen LogP contribution is -2.62. The average Bonchev–Trinajstić information content (AvgIpc) is 2.21. The molecular weight excluding hydrogens is 1270 g/mol. The molecule has 0 radical (unpaired) electrons. The fraction of sp³-hybridized carbons (Fsp3) is 0.358. The van der Waals surface area contributed by atoms with Crippen LogP contribution in [-0.2, 0) is 48.4 Å². The zero-order valence-electron chi connectivity index (χ0n) is 48.9. The number of hydrogen-bond donors (Lipinski definition) is 4. The normalized spacial score (nSPS) is 19.6. The van der Waals surface area contributed by atoms with Crippen molar-refractivity contribution < 1.29 is 14.4 Å². The summed E-state index contributed by atoms with van der Waals surface area (Å²) in [6, 6.07) is 31.2. The van der Waals surface area contributed by atoms with Gasteiger partial charge in [0.25, 0.3) is 0 Å². The number of benzene rings is 4. The highest BCUT2D eigenvalue weighted by Crippen LogP contribution is 2.41. The largest absolute Gasteiger partial charge is 0.335 e. The Labute approximate surface area is 535 Å². The van der Waals surface area contributed by atoms with Crippen molar-refractivity contribution in [2.75, 3.05) is 49.9 Å². The first-order chi connectivity index (χ1) is 42.2. The van der Waals surface area contributed by atoms with Crippen molar-refractivity contribution in [3.8, 4) is 0 Å². The molecule has 0 bridgehead atoms. The second kappa shape index (κ2) is 27.3. The van der Waals surface area contributed by atoms with Crippen LogP contribution in [0.25, 0.3) is 0 Å². The molecule has 4 aromatic heterocycles. The van der Waals surface area contributed by atoms with E-state index >= 15 is 0 Å². The number of nitrogens with one attached hydrogen (secondary N) is 4. The average molecular weight is 1340 g/mol. The predicted molar refractivity (Wildman–Crippen MR) is 348 cm³/mol. The topological polar surface area (TPSA) is 170 Å². The number of carbonyl (C=O) groups is 3. The zero-order valence-corrected chi connectivity index (χ0v) is 53.6. The molecule has 6 heterocycles. The number of imidazole rings is 2. The van der Waals surface area contributed by atoms with E-state index in [1.165, 1.54) is 34.2 Å². The molecule has 0 spiro atoms. The van der Waals surface area contributed by atoms with Crippen molar-refractivity contribution >= 4 is 84.3 Å². The Kier molecular flexibility index (Phi) is 19.0. The van der Waals surface area contributed by atoms with Crippen LogP contribution in [0.2, 0.25) is 10.0 Å². The summed E-state index contributed by atoms with van der Waals surface area (Å²) in [5.41, 5.74) is 14.8. The predicted octanol–water partition coefficient (Wildman–Crippen LogP) is 12.1. The molecule has 3 aliphatic carbocycles. The van der Waals surface area contributed by atoms with E-state index in [0.717, 1.165) is 117 Å². The number of rotatable bonds is 11. The standard InChI is InChI=1S/C37H41BrClN7O2.C30H30BrClN6O/c1-24-20-44(23-41-24)21-25-6-5-9-31(16-25)42-36(47)33-22-45(14-15-46(33)37(48)43-30-7-3-2-4-8-30)35-32-13-12-29(39)18-26(32)10-11-27-17-28(38)19-40-34(27)35;1-19-15-37(18-35-19)16-20-3-2-4-25(11-20)36-30(39)27-17-38(10-9-33-27)29-26-8-7-24(32)13-21(26)5-6-22-12-23(31)14-34-28(22)29/h5-6,9,12-13,16-20,23,30,33,35H,2-4,7-8,10-11,14-15,21-22H2,1H3,(H,42,47)(H,43,48);2-4,7-8,11-15,18,27,29,33H,5-6,9-10,16-17H2,1H3,(H,36,39). The van der Waals surface area contributed by atoms with E-state index in [4.69, 9.17) is 33.2 Å². The summed E-state index contributed by atoms with van der Waals surface area (Å²) >= 11 is 20.1. The number of halogens is 4. The minimum absolute atomic E-state index is 0.0377. The van der Waals surface area contributed by atoms with Gasteiger partial charge in [0.2, 0.25) is 11.8 Å². The van der Waals surface area contributed by atoms with Gasteiger partial charge in [-0.1, -0.05) is 78.9 Å². The van der Waals surface area contributed by atoms with E-state index < -0.39 is 6.04 Å². The van der Waals surface area contributed by atoms with E-state index in [0.29, 0.717) is 56.5 Å². The Bertz CT molecular complexity index is 3710. The van der Waals surface area contributed by atoms with Crippen molar-refractivity contribution in [1.82, 2.24) is 54.4 Å². The first-order valence-electron chi connectivity index (χ1n) is 30.1. The number of aryl methyl sites for hydroxylation is 6. The first kappa shape index (κ1) is 60.5. The fourth-order valence-electron chi connectivity index (χ4n) is 13.2. The van der Waals surface area contributed by atoms with E-state index in [2.05, 4.69) is 115 Å². The summed E-state index contributed by atoms with van der Waals surface area (Å²) in [6.07, 6.45) is 20.3. The molecule has 4 atom stereocenters. The fourth-order valence-corrected chi connectivity index (χ4v) is 14.4. The maximum Gasteiger partial charge on any atom is 0.318 e. The number of piperazine rings is 2. The van der Waals surface area contributed by atoms with Gasteiger partial charge in [-0.15, -0.1) is 0 Å². The molecule has 8 aromatic rings. The van der Waals surface area contributed by atoms with Crippen LogP contribution in [0.1, 0.15) is 111 Å². The van der Waals surface area contributed by atoms with E-state index in [9.17, 15) is 14.4 Å². The van der Waals surface area contributed by atoms with Gasteiger partial charge in [0, 0.05) is 114 Å². The minimum Gasteiger partial charge on any atom is -0.335 e. The molecule has 4 aromatic carbocycles. The van der Waals surface area contributed by atoms with Crippen molar-refractivity contribution in [3.63, 3.8) is 0 Å². The minimum atomic E-state index is -0.708. The monoisotopic (exact) mass is 1330 g/mol. The molecule has 2 saturated heterocycles. The van der Waals surface area contributed by atoms with E-state index in [1.54, 1.807) is 4.90 Å². The van der Waals surface area contributed by atoms with Crippen molar-refractivity contribution in [2.45, 2.75) is 115 Å². The Morgan fingerprint density at radius 2 is 1.13 bits per heavy atom. The lowest BCUT2D eigenvalue weighted by molar-refractivity contribution is -0.122. The highest BCUT2D eigenvalue weighted by molar-refractivity contribution is 9.10. The molecule has 450 valence electrons. The van der Waals surface area contributed by atoms with Crippen LogP contribution in [-0.4, -0.2) is 119 Å². The number of aromatic nitrogens is 6. The second-order valence-corrected chi connectivity index (χ2v) is 26.3. The third-order valence-electron chi connectivity index (χ3n) is 17.4. The van der Waals surface area contributed by atoms with Crippen LogP contribution in [0.5, 0.6) is 0 Å². The van der Waals surface area contributed by atoms with Crippen molar-refractivity contribution in [1.29, 1.82) is 0 Å². The number of amides is 4. The highest BCUT2D eigenvalue weighted by atomic mass is 79.9. The summed E-state index contributed by atoms with van der Waals surface area (Å²) in [5, 5.41) is 14.5. The summed E-state index contributed by atoms with van der Waals surface area (Å²) in [4.78, 5) is 66.6. The lowest BCUT2D eigenvalue weighted by Gasteiger charge is -2.44. The van der Waals surface area contributed by atoms with E-state index in [-0.39, 0.29) is 42.0 Å². The summed E-state index contributed by atoms with van der Waals surface area (Å²) in [7, 11) is 0. The van der Waals surface area contributed by atoms with Gasteiger partial charge in [-0.3, -0.25) is 29.4 Å². The van der Waals surface area contributed by atoms with Gasteiger partial charge in [0.1, 0.15) is 6.04 Å². The molecule has 87 heavy (non-hydrogen) atoms. The van der Waals surface area contributed by atoms with Gasteiger partial charge in [0.15, 0.2) is 0 Å². The molecule has 4 amide bonds. The maximum absolute atomic E-state index is 14.3. The Morgan fingerprint density at radius 1 is 0.598 bits per heavy atom. The number of urea groups is 1. The maximum atomic E-state index is 14.3. The number of fused-ring (bicyclic) bond motifs is 4. The molecule has 20 heteroatoms. The lowest BCUT2D eigenvalue weighted by atomic mass is 9.94. The van der Waals surface area contributed by atoms with Crippen LogP contribution in [0.15, 0.2) is 143 Å². The molecule has 4 unspecified atom stereocenters. The highest BCUT2D eigenvalue weighted by Gasteiger charge is 2.42. The summed E-state index contributed by atoms with van der Waals surface area (Å²) in [5.74, 6) is -0.243. The third kappa shape index (κ3) is 14.5. The number of anilines is 2. The van der Waals surface area contributed by atoms with Crippen LogP contribution < -0.4 is 21.3 Å². The molecule has 13 rings (SSSR count). The summed E-state index contributed by atoms with van der Waals surface area (Å²) < 4.78 is 5.98. The van der Waals surface area contributed by atoms with Gasteiger partial charge >= 0.3 is 6.03 Å². The Hall–Kier alpha value is -6.77. The van der Waals surface area contributed by atoms with Gasteiger partial charge < -0.3 is 35.3 Å². The quantitative estimate of drug-likeness (QED) is 0.0977. The SMILES string of the molecule is Cc1cn(Cc2cccc(NC(=O)C3CN(C4c5ccc(Cl)cc5CCc5cc(Br)cnc54)CCN3)c2)cn1.Cc1cn(Cc2cccc(NC(=O)C3CN(C4c5ccc(Cl)cc5CCc5cc(Br)cnc54)CCN3C(=O)NC3CCCCC3)c2)cn1. The zero-order chi connectivity index (χ0) is 60.1. The van der Waals surface area contributed by atoms with Gasteiger partial charge in [0.05, 0.1) is 53.6 Å². The number of nitrogens with zero attached hydrogens (tertiary/aromatic N) is 9. The van der Waals surface area contributed by atoms with Crippen LogP contribution in [0.3, 0.4) is 0 Å². The molecule has 3 fully saturated rings. The van der Waals surface area contributed by atoms with E-state index in [1.807, 2.05) is 115 Å². The molecule has 2 aliphatic heterocycles. The van der Waals surface area contributed by atoms with Gasteiger partial charge in [-0.25, -0.2) is 14.8 Å².